The van der Waals surface area contributed by atoms with Crippen LogP contribution in [0, 0.1) is 0 Å². The molecule has 1 aliphatic carbocycles. The summed E-state index contributed by atoms with van der Waals surface area (Å²) in [6.45, 7) is 4.02. The van der Waals surface area contributed by atoms with E-state index in [0.717, 1.165) is 35.5 Å². The number of nitrogens with zero attached hydrogens (tertiary/aromatic N) is 3. The maximum Gasteiger partial charge on any atom is 0.294 e. The quantitative estimate of drug-likeness (QED) is 0.259. The number of sulfonamides is 1. The zero-order valence-corrected chi connectivity index (χ0v) is 20.1. The molecule has 0 atom stereocenters. The molecule has 1 saturated carbocycles. The Balaban J connectivity index is 1.78. The van der Waals surface area contributed by atoms with Gasteiger partial charge in [-0.2, -0.15) is 13.5 Å². The van der Waals surface area contributed by atoms with Crippen molar-refractivity contribution in [2.24, 2.45) is 9.50 Å². The molecule has 0 unspecified atom stereocenters. The summed E-state index contributed by atoms with van der Waals surface area (Å²) in [4.78, 5) is 0.810. The molecule has 1 fully saturated rings. The number of halogens is 1. The van der Waals surface area contributed by atoms with Gasteiger partial charge in [0.05, 0.1) is 11.1 Å². The van der Waals surface area contributed by atoms with Gasteiger partial charge < -0.3 is 9.88 Å². The monoisotopic (exact) mass is 503 g/mol. The number of hydrogen-bond acceptors (Lipinski definition) is 6. The molecule has 0 radical (unpaired) electrons. The van der Waals surface area contributed by atoms with Crippen molar-refractivity contribution in [3.8, 4) is 0 Å². The first-order chi connectivity index (χ1) is 14.4. The van der Waals surface area contributed by atoms with Crippen molar-refractivity contribution in [1.29, 1.82) is 0 Å². The van der Waals surface area contributed by atoms with Gasteiger partial charge in [0.1, 0.15) is 9.36 Å². The van der Waals surface area contributed by atoms with Gasteiger partial charge in [-0.15, -0.1) is 22.3 Å². The van der Waals surface area contributed by atoms with Crippen LogP contribution in [0.3, 0.4) is 0 Å². The lowest BCUT2D eigenvalue weighted by Crippen LogP contribution is -2.40. The maximum atomic E-state index is 12.5. The summed E-state index contributed by atoms with van der Waals surface area (Å²) in [6.07, 6.45) is 9.03. The average Bonchev–Trinajstić information content (AvgIpc) is 3.34. The lowest BCUT2D eigenvalue weighted by atomic mass is 9.96. The van der Waals surface area contributed by atoms with E-state index in [-0.39, 0.29) is 9.01 Å². The minimum absolute atomic E-state index is 0.174. The number of aromatic nitrogens is 1. The van der Waals surface area contributed by atoms with Gasteiger partial charge in [0.15, 0.2) is 5.11 Å². The van der Waals surface area contributed by atoms with Crippen molar-refractivity contribution in [3.63, 3.8) is 0 Å². The fourth-order valence-electron chi connectivity index (χ4n) is 3.02. The molecule has 2 heterocycles. The van der Waals surface area contributed by atoms with Gasteiger partial charge in [-0.1, -0.05) is 54.3 Å². The highest BCUT2D eigenvalue weighted by atomic mass is 35.5. The number of rotatable bonds is 7. The first-order valence-electron chi connectivity index (χ1n) is 9.35. The van der Waals surface area contributed by atoms with Crippen LogP contribution >= 0.6 is 46.5 Å². The Morgan fingerprint density at radius 2 is 2.17 bits per heavy atom. The van der Waals surface area contributed by atoms with Gasteiger partial charge in [0.25, 0.3) is 10.0 Å². The van der Waals surface area contributed by atoms with E-state index in [2.05, 4.69) is 26.8 Å². The second-order valence-corrected chi connectivity index (χ2v) is 11.2. The molecule has 2 aromatic rings. The highest BCUT2D eigenvalue weighted by Crippen LogP contribution is 2.21. The Kier molecular flexibility index (Phi) is 8.23. The van der Waals surface area contributed by atoms with E-state index >= 15 is 0 Å². The third kappa shape index (κ3) is 6.01. The number of thiophene rings is 1. The molecule has 162 valence electrons. The van der Waals surface area contributed by atoms with Crippen molar-refractivity contribution in [2.75, 3.05) is 0 Å². The second kappa shape index (κ2) is 10.7. The van der Waals surface area contributed by atoms with Gasteiger partial charge >= 0.3 is 0 Å². The first kappa shape index (κ1) is 23.1. The molecule has 3 rings (SSSR count). The van der Waals surface area contributed by atoms with Crippen molar-refractivity contribution < 1.29 is 8.42 Å². The smallest absolute Gasteiger partial charge is 0.294 e. The van der Waals surface area contributed by atoms with Gasteiger partial charge in [-0.05, 0) is 36.5 Å². The van der Waals surface area contributed by atoms with E-state index in [1.54, 1.807) is 22.1 Å². The molecular weight excluding hydrogens is 482 g/mol. The predicted octanol–water partition coefficient (Wildman–Crippen LogP) is 3.87. The second-order valence-electron chi connectivity index (χ2n) is 6.62. The molecule has 0 aromatic carbocycles. The molecule has 0 aliphatic heterocycles. The Morgan fingerprint density at radius 1 is 1.40 bits per heavy atom. The van der Waals surface area contributed by atoms with Crippen LogP contribution in [0.5, 0.6) is 0 Å². The summed E-state index contributed by atoms with van der Waals surface area (Å²) < 4.78 is 30.8. The van der Waals surface area contributed by atoms with Crippen LogP contribution < -0.4 is 15.5 Å². The van der Waals surface area contributed by atoms with Crippen LogP contribution in [0.15, 0.2) is 43.9 Å². The van der Waals surface area contributed by atoms with Gasteiger partial charge in [0, 0.05) is 12.6 Å². The van der Waals surface area contributed by atoms with Gasteiger partial charge in [0.2, 0.25) is 4.80 Å². The first-order valence-corrected chi connectivity index (χ1v) is 13.3. The average molecular weight is 504 g/mol. The summed E-state index contributed by atoms with van der Waals surface area (Å²) in [5.41, 5.74) is 2.80. The highest BCUT2D eigenvalue weighted by molar-refractivity contribution is 7.92. The van der Waals surface area contributed by atoms with Crippen molar-refractivity contribution in [3.05, 3.63) is 45.0 Å². The molecule has 0 spiro atoms. The summed E-state index contributed by atoms with van der Waals surface area (Å²) in [5.74, 6) is 0. The molecule has 0 amide bonds. The van der Waals surface area contributed by atoms with E-state index in [0.29, 0.717) is 27.7 Å². The summed E-state index contributed by atoms with van der Waals surface area (Å²) in [5, 5.41) is 9.89. The molecule has 30 heavy (non-hydrogen) atoms. The summed E-state index contributed by atoms with van der Waals surface area (Å²) in [6, 6.07) is 3.56. The zero-order valence-electron chi connectivity index (χ0n) is 16.1. The molecule has 7 nitrogen and oxygen atoms in total. The van der Waals surface area contributed by atoms with E-state index in [9.17, 15) is 8.42 Å². The standard InChI is InChI=1S/C18H22ClN5O2S4/c1-2-10-24-16(19)14(12-20-22-17(27)21-13-7-4-3-5-8-13)29-18(24)23-30(25,26)15-9-6-11-28-15/h2,6,9,11-13H,1,3-5,7-8,10H2,(H2,21,22,27)/b20-12+,23-18-. The maximum absolute atomic E-state index is 12.5. The Bertz CT molecular complexity index is 1080. The van der Waals surface area contributed by atoms with Crippen molar-refractivity contribution >= 4 is 67.8 Å². The van der Waals surface area contributed by atoms with E-state index in [1.807, 2.05) is 0 Å². The van der Waals surface area contributed by atoms with Crippen LogP contribution in [0.25, 0.3) is 0 Å². The van der Waals surface area contributed by atoms with E-state index < -0.39 is 10.0 Å². The number of allylic oxidation sites excluding steroid dienone is 1. The molecule has 2 aromatic heterocycles. The predicted molar refractivity (Wildman–Crippen MR) is 128 cm³/mol. The number of nitrogens with one attached hydrogen (secondary N) is 2. The number of thiocarbonyl (C=S) groups is 1. The third-order valence-corrected chi connectivity index (χ3v) is 8.92. The molecule has 1 aliphatic rings. The van der Waals surface area contributed by atoms with Crippen LogP contribution in [0.1, 0.15) is 37.0 Å². The molecule has 12 heteroatoms. The Morgan fingerprint density at radius 3 is 2.83 bits per heavy atom. The lowest BCUT2D eigenvalue weighted by molar-refractivity contribution is 0.412. The van der Waals surface area contributed by atoms with Crippen LogP contribution in [0.2, 0.25) is 5.15 Å². The molecule has 0 saturated heterocycles. The van der Waals surface area contributed by atoms with Crippen LogP contribution in [-0.2, 0) is 16.6 Å². The molecule has 0 bridgehead atoms. The van der Waals surface area contributed by atoms with Crippen LogP contribution in [0.4, 0.5) is 0 Å². The summed E-state index contributed by atoms with van der Waals surface area (Å²) in [7, 11) is -3.82. The third-order valence-electron chi connectivity index (χ3n) is 4.42. The topological polar surface area (TPSA) is 87.8 Å². The fraction of sp³-hybridized carbons (Fsp3) is 0.389. The Labute approximate surface area is 194 Å². The number of thiazole rings is 1. The Hall–Kier alpha value is -1.53. The van der Waals surface area contributed by atoms with E-state index in [1.165, 1.54) is 31.5 Å². The number of hydrazone groups is 1. The highest BCUT2D eigenvalue weighted by Gasteiger charge is 2.17. The van der Waals surface area contributed by atoms with Crippen molar-refractivity contribution in [1.82, 2.24) is 15.3 Å². The van der Waals surface area contributed by atoms with Crippen LogP contribution in [-0.4, -0.2) is 30.4 Å². The molecular formula is C18H22ClN5O2S4. The van der Waals surface area contributed by atoms with Gasteiger partial charge in [-0.3, -0.25) is 5.43 Å². The lowest BCUT2D eigenvalue weighted by Gasteiger charge is -2.23. The normalized spacial score (nSPS) is 16.1. The summed E-state index contributed by atoms with van der Waals surface area (Å²) >= 11 is 14.0. The SMILES string of the molecule is C=CCn1c(Cl)c(/C=N/NC(=S)NC2CCCCC2)s/c1=N\S(=O)(=O)c1cccs1. The minimum atomic E-state index is -3.82. The zero-order chi connectivity index (χ0) is 21.6. The van der Waals surface area contributed by atoms with E-state index in [4.69, 9.17) is 23.8 Å². The largest absolute Gasteiger partial charge is 0.359 e. The molecule has 2 N–H and O–H groups in total. The van der Waals surface area contributed by atoms with Gasteiger partial charge in [-0.25, -0.2) is 0 Å². The van der Waals surface area contributed by atoms with Crippen molar-refractivity contribution in [2.45, 2.75) is 48.9 Å². The minimum Gasteiger partial charge on any atom is -0.359 e. The fourth-order valence-corrected chi connectivity index (χ4v) is 6.68. The number of hydrogen-bond donors (Lipinski definition) is 2.